The highest BCUT2D eigenvalue weighted by Gasteiger charge is 2.13. The number of nitrogens with one attached hydrogen (secondary N) is 1. The number of nitrogens with two attached hydrogens (primary N) is 1. The second-order valence-corrected chi connectivity index (χ2v) is 7.81. The second-order valence-electron chi connectivity index (χ2n) is 4.15. The molecule has 0 aromatic heterocycles. The van der Waals surface area contributed by atoms with Crippen LogP contribution in [0, 0.1) is 3.57 Å². The Morgan fingerprint density at radius 2 is 1.90 bits per heavy atom. The number of rotatable bonds is 3. The number of anilines is 1. The number of sulfonamides is 1. The van der Waals surface area contributed by atoms with Crippen LogP contribution in [-0.4, -0.2) is 14.3 Å². The highest BCUT2D eigenvalue weighted by molar-refractivity contribution is 14.1. The van der Waals surface area contributed by atoms with Gasteiger partial charge in [0.2, 0.25) is 10.0 Å². The third kappa shape index (κ3) is 4.25. The van der Waals surface area contributed by atoms with Gasteiger partial charge < -0.3 is 5.32 Å². The van der Waals surface area contributed by atoms with Gasteiger partial charge in [-0.3, -0.25) is 4.79 Å². The normalized spacial score (nSPS) is 11.2. The Labute approximate surface area is 144 Å². The first kappa shape index (κ1) is 16.4. The summed E-state index contributed by atoms with van der Waals surface area (Å²) in [7, 11) is -3.77. The van der Waals surface area contributed by atoms with Gasteiger partial charge in [-0.1, -0.05) is 6.07 Å². The molecule has 2 aromatic rings. The quantitative estimate of drug-likeness (QED) is 0.662. The molecule has 5 nitrogen and oxygen atoms in total. The molecule has 0 fully saturated rings. The summed E-state index contributed by atoms with van der Waals surface area (Å²) in [5.41, 5.74) is 0.982. The van der Waals surface area contributed by atoms with E-state index in [1.165, 1.54) is 18.2 Å². The number of carbonyl (C=O) groups excluding carboxylic acids is 1. The molecule has 0 aliphatic heterocycles. The van der Waals surface area contributed by atoms with Crippen LogP contribution in [0.2, 0.25) is 0 Å². The van der Waals surface area contributed by atoms with Crippen molar-refractivity contribution in [1.82, 2.24) is 0 Å². The molecule has 0 atom stereocenters. The van der Waals surface area contributed by atoms with Crippen molar-refractivity contribution in [3.05, 3.63) is 56.1 Å². The highest BCUT2D eigenvalue weighted by atomic mass is 127. The molecule has 0 heterocycles. The molecule has 0 bridgehead atoms. The van der Waals surface area contributed by atoms with Crippen molar-refractivity contribution < 1.29 is 13.2 Å². The molecule has 0 saturated heterocycles. The summed E-state index contributed by atoms with van der Waals surface area (Å²) in [6.07, 6.45) is 0. The third-order valence-electron chi connectivity index (χ3n) is 2.60. The topological polar surface area (TPSA) is 89.3 Å². The van der Waals surface area contributed by atoms with Crippen LogP contribution in [0.25, 0.3) is 0 Å². The largest absolute Gasteiger partial charge is 0.321 e. The van der Waals surface area contributed by atoms with Crippen molar-refractivity contribution in [3.8, 4) is 0 Å². The number of amides is 1. The Morgan fingerprint density at radius 1 is 1.19 bits per heavy atom. The van der Waals surface area contributed by atoms with Crippen LogP contribution in [0.15, 0.2) is 51.8 Å². The number of hydrogen-bond donors (Lipinski definition) is 2. The first-order chi connectivity index (χ1) is 9.77. The van der Waals surface area contributed by atoms with Crippen LogP contribution in [0.5, 0.6) is 0 Å². The maximum absolute atomic E-state index is 12.1. The maximum atomic E-state index is 12.1. The minimum absolute atomic E-state index is 0.0263. The molecule has 2 aromatic carbocycles. The third-order valence-corrected chi connectivity index (χ3v) is 4.84. The van der Waals surface area contributed by atoms with Gasteiger partial charge in [-0.2, -0.15) is 0 Å². The van der Waals surface area contributed by atoms with E-state index in [0.29, 0.717) is 15.7 Å². The number of benzene rings is 2. The minimum atomic E-state index is -3.77. The number of halogens is 2. The molecule has 110 valence electrons. The fourth-order valence-corrected chi connectivity index (χ4v) is 3.31. The number of carbonyl (C=O) groups is 1. The van der Waals surface area contributed by atoms with Crippen molar-refractivity contribution in [3.63, 3.8) is 0 Å². The van der Waals surface area contributed by atoms with Crippen molar-refractivity contribution in [2.75, 3.05) is 5.32 Å². The van der Waals surface area contributed by atoms with Crippen LogP contribution in [0.1, 0.15) is 10.4 Å². The molecule has 0 aliphatic carbocycles. The Bertz CT molecular complexity index is 809. The van der Waals surface area contributed by atoms with Crippen LogP contribution < -0.4 is 10.5 Å². The van der Waals surface area contributed by atoms with Gasteiger partial charge in [-0.15, -0.1) is 0 Å². The fourth-order valence-electron chi connectivity index (χ4n) is 1.60. The van der Waals surface area contributed by atoms with Gasteiger partial charge in [0.25, 0.3) is 5.91 Å². The molecule has 0 aliphatic rings. The Balaban J connectivity index is 2.26. The molecule has 0 radical (unpaired) electrons. The summed E-state index contributed by atoms with van der Waals surface area (Å²) in [5, 5.41) is 7.76. The molecule has 2 rings (SSSR count). The van der Waals surface area contributed by atoms with Gasteiger partial charge in [-0.25, -0.2) is 13.6 Å². The molecule has 1 amide bonds. The van der Waals surface area contributed by atoms with Crippen LogP contribution >= 0.6 is 38.5 Å². The van der Waals surface area contributed by atoms with Crippen LogP contribution in [-0.2, 0) is 10.0 Å². The monoisotopic (exact) mass is 480 g/mol. The first-order valence-electron chi connectivity index (χ1n) is 5.66. The van der Waals surface area contributed by atoms with E-state index in [1.807, 2.05) is 6.07 Å². The SMILES string of the molecule is NS(=O)(=O)c1ccc(NC(=O)c2cccc(I)c2)c(Br)c1. The summed E-state index contributed by atoms with van der Waals surface area (Å²) < 4.78 is 23.9. The second kappa shape index (κ2) is 6.42. The zero-order chi connectivity index (χ0) is 15.6. The fraction of sp³-hybridized carbons (Fsp3) is 0. The van der Waals surface area contributed by atoms with Crippen molar-refractivity contribution in [2.24, 2.45) is 5.14 Å². The van der Waals surface area contributed by atoms with Gasteiger partial charge in [0.15, 0.2) is 0 Å². The van der Waals surface area contributed by atoms with Gasteiger partial charge in [0.1, 0.15) is 0 Å². The number of primary sulfonamides is 1. The van der Waals surface area contributed by atoms with E-state index in [1.54, 1.807) is 18.2 Å². The lowest BCUT2D eigenvalue weighted by Crippen LogP contribution is -2.14. The van der Waals surface area contributed by atoms with E-state index >= 15 is 0 Å². The zero-order valence-electron chi connectivity index (χ0n) is 10.5. The summed E-state index contributed by atoms with van der Waals surface area (Å²) in [6.45, 7) is 0. The standard InChI is InChI=1S/C13H10BrIN2O3S/c14-11-7-10(21(16,19)20)4-5-12(11)17-13(18)8-2-1-3-9(15)6-8/h1-7H,(H,17,18)(H2,16,19,20). The van der Waals surface area contributed by atoms with E-state index in [9.17, 15) is 13.2 Å². The van der Waals surface area contributed by atoms with Crippen LogP contribution in [0.4, 0.5) is 5.69 Å². The lowest BCUT2D eigenvalue weighted by atomic mass is 10.2. The Kier molecular flexibility index (Phi) is 5.02. The molecule has 0 spiro atoms. The van der Waals surface area contributed by atoms with Gasteiger partial charge in [-0.05, 0) is 74.9 Å². The summed E-state index contributed by atoms with van der Waals surface area (Å²) in [4.78, 5) is 12.1. The summed E-state index contributed by atoms with van der Waals surface area (Å²) >= 11 is 5.34. The van der Waals surface area contributed by atoms with Gasteiger partial charge in [0, 0.05) is 13.6 Å². The Morgan fingerprint density at radius 3 is 2.48 bits per heavy atom. The average molecular weight is 481 g/mol. The van der Waals surface area contributed by atoms with Crippen molar-refractivity contribution >= 4 is 60.1 Å². The smallest absolute Gasteiger partial charge is 0.255 e. The summed E-state index contributed by atoms with van der Waals surface area (Å²) in [5.74, 6) is -0.280. The lowest BCUT2D eigenvalue weighted by Gasteiger charge is -2.09. The Hall–Kier alpha value is -0.970. The van der Waals surface area contributed by atoms with E-state index < -0.39 is 10.0 Å². The van der Waals surface area contributed by atoms with E-state index in [2.05, 4.69) is 43.8 Å². The van der Waals surface area contributed by atoms with Crippen molar-refractivity contribution in [2.45, 2.75) is 4.90 Å². The average Bonchev–Trinajstić information content (AvgIpc) is 2.39. The van der Waals surface area contributed by atoms with E-state index in [4.69, 9.17) is 5.14 Å². The lowest BCUT2D eigenvalue weighted by molar-refractivity contribution is 0.102. The van der Waals surface area contributed by atoms with Crippen LogP contribution in [0.3, 0.4) is 0 Å². The van der Waals surface area contributed by atoms with E-state index in [0.717, 1.165) is 3.57 Å². The van der Waals surface area contributed by atoms with E-state index in [-0.39, 0.29) is 10.8 Å². The molecule has 21 heavy (non-hydrogen) atoms. The molecule has 0 saturated carbocycles. The molecule has 8 heteroatoms. The predicted octanol–water partition coefficient (Wildman–Crippen LogP) is 2.95. The summed E-state index contributed by atoms with van der Waals surface area (Å²) in [6, 6.07) is 11.3. The first-order valence-corrected chi connectivity index (χ1v) is 9.08. The van der Waals surface area contributed by atoms with Gasteiger partial charge in [0.05, 0.1) is 10.6 Å². The molecular weight excluding hydrogens is 471 g/mol. The molecule has 3 N–H and O–H groups in total. The molecule has 0 unspecified atom stereocenters. The maximum Gasteiger partial charge on any atom is 0.255 e. The minimum Gasteiger partial charge on any atom is -0.321 e. The van der Waals surface area contributed by atoms with Crippen molar-refractivity contribution in [1.29, 1.82) is 0 Å². The van der Waals surface area contributed by atoms with Gasteiger partial charge >= 0.3 is 0 Å². The highest BCUT2D eigenvalue weighted by Crippen LogP contribution is 2.25. The molecular formula is C13H10BrIN2O3S. The predicted molar refractivity (Wildman–Crippen MR) is 92.6 cm³/mol. The zero-order valence-corrected chi connectivity index (χ0v) is 15.1. The number of hydrogen-bond acceptors (Lipinski definition) is 3.